The van der Waals surface area contributed by atoms with Gasteiger partial charge in [-0.1, -0.05) is 25.4 Å². The average Bonchev–Trinajstić information content (AvgIpc) is 3.01. The smallest absolute Gasteiger partial charge is 0.238 e. The van der Waals surface area contributed by atoms with E-state index in [-0.39, 0.29) is 11.4 Å². The highest BCUT2D eigenvalue weighted by Crippen LogP contribution is 2.53. The van der Waals surface area contributed by atoms with Gasteiger partial charge in [-0.15, -0.1) is 5.10 Å². The van der Waals surface area contributed by atoms with E-state index in [0.717, 1.165) is 24.2 Å². The van der Waals surface area contributed by atoms with Crippen molar-refractivity contribution < 1.29 is 0 Å². The molecule has 2 aromatic heterocycles. The third-order valence-corrected chi connectivity index (χ3v) is 3.98. The molecule has 3 rings (SSSR count). The molecule has 0 saturated heterocycles. The van der Waals surface area contributed by atoms with Crippen LogP contribution in [-0.2, 0) is 5.41 Å². The number of anilines is 1. The lowest BCUT2D eigenvalue weighted by Crippen LogP contribution is -2.19. The first-order chi connectivity index (χ1) is 8.04. The van der Waals surface area contributed by atoms with Crippen molar-refractivity contribution in [2.45, 2.75) is 32.1 Å². The van der Waals surface area contributed by atoms with Crippen LogP contribution >= 0.6 is 11.6 Å². The second kappa shape index (κ2) is 3.32. The predicted octanol–water partition coefficient (Wildman–Crippen LogP) is 2.05. The van der Waals surface area contributed by atoms with Gasteiger partial charge in [0.05, 0.1) is 6.20 Å². The molecule has 90 valence electrons. The molecule has 2 heterocycles. The summed E-state index contributed by atoms with van der Waals surface area (Å²) in [5.41, 5.74) is 6.46. The van der Waals surface area contributed by atoms with Crippen molar-refractivity contribution in [1.82, 2.24) is 19.6 Å². The zero-order valence-electron chi connectivity index (χ0n) is 9.81. The van der Waals surface area contributed by atoms with Crippen molar-refractivity contribution >= 4 is 23.1 Å². The van der Waals surface area contributed by atoms with Crippen LogP contribution in [0.1, 0.15) is 32.5 Å². The Morgan fingerprint density at radius 3 is 2.76 bits per heavy atom. The number of imidazole rings is 1. The van der Waals surface area contributed by atoms with Gasteiger partial charge >= 0.3 is 0 Å². The van der Waals surface area contributed by atoms with Crippen molar-refractivity contribution in [2.75, 3.05) is 5.73 Å². The maximum Gasteiger partial charge on any atom is 0.238 e. The van der Waals surface area contributed by atoms with E-state index in [1.807, 2.05) is 0 Å². The van der Waals surface area contributed by atoms with E-state index in [1.165, 1.54) is 0 Å². The van der Waals surface area contributed by atoms with Crippen LogP contribution in [0.25, 0.3) is 5.52 Å². The molecule has 2 aromatic rings. The minimum absolute atomic E-state index is 0.108. The Balaban J connectivity index is 2.27. The molecular weight excluding hydrogens is 238 g/mol. The van der Waals surface area contributed by atoms with Gasteiger partial charge in [0.25, 0.3) is 0 Å². The monoisotopic (exact) mass is 251 g/mol. The molecule has 0 spiro atoms. The van der Waals surface area contributed by atoms with E-state index < -0.39 is 0 Å². The van der Waals surface area contributed by atoms with E-state index in [4.69, 9.17) is 17.3 Å². The Bertz CT molecular complexity index is 585. The van der Waals surface area contributed by atoms with Gasteiger partial charge in [-0.2, -0.15) is 0 Å². The summed E-state index contributed by atoms with van der Waals surface area (Å²) in [5.74, 6) is 1.68. The van der Waals surface area contributed by atoms with Crippen LogP contribution in [0.4, 0.5) is 5.95 Å². The molecule has 1 aliphatic carbocycles. The van der Waals surface area contributed by atoms with Crippen molar-refractivity contribution in [3.05, 3.63) is 17.2 Å². The first-order valence-electron chi connectivity index (χ1n) is 5.72. The molecule has 0 amide bonds. The van der Waals surface area contributed by atoms with Gasteiger partial charge in [0.1, 0.15) is 11.3 Å². The quantitative estimate of drug-likeness (QED) is 0.887. The fourth-order valence-corrected chi connectivity index (χ4v) is 2.59. The molecule has 6 heteroatoms. The summed E-state index contributed by atoms with van der Waals surface area (Å²) in [4.78, 5) is 8.41. The number of fused-ring (bicyclic) bond motifs is 1. The summed E-state index contributed by atoms with van der Waals surface area (Å²) in [6, 6.07) is 0. The number of nitrogens with two attached hydrogens (primary N) is 1. The summed E-state index contributed by atoms with van der Waals surface area (Å²) in [6.45, 7) is 4.40. The van der Waals surface area contributed by atoms with Gasteiger partial charge in [-0.05, 0) is 18.8 Å². The standard InChI is InChI=1S/C11H14ClN5/c1-6(2)11(3-4-11)9-15-8(12)7-5-14-10(13)16-17(7)9/h5-6H,3-4H2,1-2H3,(H2,13,16). The number of nitrogens with zero attached hydrogens (tertiary/aromatic N) is 4. The summed E-state index contributed by atoms with van der Waals surface area (Å²) in [7, 11) is 0. The lowest BCUT2D eigenvalue weighted by Gasteiger charge is -2.17. The van der Waals surface area contributed by atoms with Crippen LogP contribution < -0.4 is 5.73 Å². The molecule has 1 saturated carbocycles. The Hall–Kier alpha value is -1.36. The first-order valence-corrected chi connectivity index (χ1v) is 6.09. The van der Waals surface area contributed by atoms with Gasteiger partial charge in [0, 0.05) is 5.41 Å². The Morgan fingerprint density at radius 2 is 2.18 bits per heavy atom. The van der Waals surface area contributed by atoms with Crippen molar-refractivity contribution in [3.63, 3.8) is 0 Å². The minimum atomic E-state index is 0.108. The minimum Gasteiger partial charge on any atom is -0.367 e. The molecule has 0 radical (unpaired) electrons. The second-order valence-corrected chi connectivity index (χ2v) is 5.31. The van der Waals surface area contributed by atoms with Crippen LogP contribution in [-0.4, -0.2) is 19.6 Å². The number of hydrogen-bond acceptors (Lipinski definition) is 4. The molecule has 0 bridgehead atoms. The van der Waals surface area contributed by atoms with Crippen LogP contribution in [0.5, 0.6) is 0 Å². The van der Waals surface area contributed by atoms with Crippen LogP contribution in [0.3, 0.4) is 0 Å². The molecule has 0 aromatic carbocycles. The molecule has 17 heavy (non-hydrogen) atoms. The molecular formula is C11H14ClN5. The van der Waals surface area contributed by atoms with Crippen molar-refractivity contribution in [3.8, 4) is 0 Å². The maximum atomic E-state index is 6.12. The number of aromatic nitrogens is 4. The molecule has 0 unspecified atom stereocenters. The van der Waals surface area contributed by atoms with Crippen LogP contribution in [0, 0.1) is 5.92 Å². The van der Waals surface area contributed by atoms with Crippen LogP contribution in [0.2, 0.25) is 5.15 Å². The van der Waals surface area contributed by atoms with E-state index in [2.05, 4.69) is 28.9 Å². The van der Waals surface area contributed by atoms with E-state index >= 15 is 0 Å². The number of rotatable bonds is 2. The lowest BCUT2D eigenvalue weighted by molar-refractivity contribution is 0.449. The highest BCUT2D eigenvalue weighted by Gasteiger charge is 2.50. The SMILES string of the molecule is CC(C)C1(c2nc(Cl)c3cnc(N)nn23)CC1. The Labute approximate surface area is 104 Å². The maximum absolute atomic E-state index is 6.12. The van der Waals surface area contributed by atoms with Gasteiger partial charge in [0.15, 0.2) is 5.15 Å². The largest absolute Gasteiger partial charge is 0.367 e. The first kappa shape index (κ1) is 10.8. The highest BCUT2D eigenvalue weighted by molar-refractivity contribution is 6.32. The zero-order valence-corrected chi connectivity index (χ0v) is 10.6. The molecule has 1 fully saturated rings. The van der Waals surface area contributed by atoms with E-state index in [9.17, 15) is 0 Å². The van der Waals surface area contributed by atoms with Gasteiger partial charge < -0.3 is 5.73 Å². The number of halogens is 1. The number of nitrogen functional groups attached to an aromatic ring is 1. The van der Waals surface area contributed by atoms with Crippen molar-refractivity contribution in [2.24, 2.45) is 5.92 Å². The fraction of sp³-hybridized carbons (Fsp3) is 0.545. The summed E-state index contributed by atoms with van der Waals surface area (Å²) in [5, 5.41) is 4.67. The molecule has 2 N–H and O–H groups in total. The summed E-state index contributed by atoms with van der Waals surface area (Å²) < 4.78 is 1.75. The lowest BCUT2D eigenvalue weighted by atomic mass is 9.92. The van der Waals surface area contributed by atoms with E-state index in [1.54, 1.807) is 10.7 Å². The van der Waals surface area contributed by atoms with Gasteiger partial charge in [0.2, 0.25) is 5.95 Å². The van der Waals surface area contributed by atoms with Crippen molar-refractivity contribution in [1.29, 1.82) is 0 Å². The molecule has 0 aliphatic heterocycles. The van der Waals surface area contributed by atoms with E-state index in [0.29, 0.717) is 11.1 Å². The predicted molar refractivity (Wildman–Crippen MR) is 66.0 cm³/mol. The topological polar surface area (TPSA) is 69.1 Å². The van der Waals surface area contributed by atoms with Gasteiger partial charge in [-0.25, -0.2) is 14.5 Å². The fourth-order valence-electron chi connectivity index (χ4n) is 2.38. The summed E-state index contributed by atoms with van der Waals surface area (Å²) in [6.07, 6.45) is 3.88. The van der Waals surface area contributed by atoms with Gasteiger partial charge in [-0.3, -0.25) is 0 Å². The average molecular weight is 252 g/mol. The number of hydrogen-bond donors (Lipinski definition) is 1. The van der Waals surface area contributed by atoms with Crippen LogP contribution in [0.15, 0.2) is 6.20 Å². The summed E-state index contributed by atoms with van der Waals surface area (Å²) >= 11 is 6.12. The molecule has 1 aliphatic rings. The zero-order chi connectivity index (χ0) is 12.2. The molecule has 5 nitrogen and oxygen atoms in total. The highest BCUT2D eigenvalue weighted by atomic mass is 35.5. The Kier molecular flexibility index (Phi) is 2.10. The Morgan fingerprint density at radius 1 is 1.47 bits per heavy atom. The normalized spacial score (nSPS) is 17.9. The molecule has 0 atom stereocenters. The third kappa shape index (κ3) is 1.42. The second-order valence-electron chi connectivity index (χ2n) is 4.95. The third-order valence-electron chi connectivity index (χ3n) is 3.70.